The highest BCUT2D eigenvalue weighted by Crippen LogP contribution is 2.38. The molecule has 4 rings (SSSR count). The Hall–Kier alpha value is -1.96. The molecule has 0 radical (unpaired) electrons. The second-order valence-corrected chi connectivity index (χ2v) is 8.63. The second kappa shape index (κ2) is 8.42. The number of halogens is 1. The van der Waals surface area contributed by atoms with Gasteiger partial charge in [0.15, 0.2) is 5.82 Å². The van der Waals surface area contributed by atoms with Crippen molar-refractivity contribution in [3.63, 3.8) is 0 Å². The van der Waals surface area contributed by atoms with E-state index in [1.54, 1.807) is 12.4 Å². The van der Waals surface area contributed by atoms with Crippen molar-refractivity contribution in [3.8, 4) is 0 Å². The van der Waals surface area contributed by atoms with E-state index < -0.39 is 0 Å². The van der Waals surface area contributed by atoms with Gasteiger partial charge >= 0.3 is 0 Å². The van der Waals surface area contributed by atoms with E-state index in [2.05, 4.69) is 30.1 Å². The highest BCUT2D eigenvalue weighted by molar-refractivity contribution is 6.32. The van der Waals surface area contributed by atoms with Crippen LogP contribution in [-0.2, 0) is 0 Å². The van der Waals surface area contributed by atoms with Crippen molar-refractivity contribution >= 4 is 29.1 Å². The van der Waals surface area contributed by atoms with Crippen LogP contribution in [0.1, 0.15) is 36.9 Å². The van der Waals surface area contributed by atoms with Crippen molar-refractivity contribution in [2.45, 2.75) is 45.1 Å². The van der Waals surface area contributed by atoms with E-state index in [0.717, 1.165) is 55.4 Å². The third kappa shape index (κ3) is 4.17. The summed E-state index contributed by atoms with van der Waals surface area (Å²) < 4.78 is 0. The molecule has 29 heavy (non-hydrogen) atoms. The minimum absolute atomic E-state index is 0.0228. The molecule has 2 aromatic heterocycles. The molecule has 2 N–H and O–H groups in total. The van der Waals surface area contributed by atoms with Gasteiger partial charge in [-0.05, 0) is 57.8 Å². The molecule has 0 aliphatic carbocycles. The molecule has 156 valence electrons. The zero-order chi connectivity index (χ0) is 20.4. The predicted molar refractivity (Wildman–Crippen MR) is 116 cm³/mol. The zero-order valence-corrected chi connectivity index (χ0v) is 17.9. The maximum Gasteiger partial charge on any atom is 0.229 e. The van der Waals surface area contributed by atoms with Crippen LogP contribution in [0.3, 0.4) is 0 Å². The normalized spacial score (nSPS) is 19.1. The zero-order valence-electron chi connectivity index (χ0n) is 17.2. The summed E-state index contributed by atoms with van der Waals surface area (Å²) in [6.07, 6.45) is 7.99. The topological polar surface area (TPSA) is 77.4 Å². The standard InChI is InChI=1S/C21H29ClN6O/c1-15-10-17(11-23-16(15)2)25-20-24-12-18(22)19(26-20)27-13-21(14-27,6-9-29)28-7-4-3-5-8-28/h10-12,29H,3-9,13-14H2,1-2H3,(H,24,25,26). The van der Waals surface area contributed by atoms with Crippen molar-refractivity contribution in [2.75, 3.05) is 43.0 Å². The van der Waals surface area contributed by atoms with Gasteiger partial charge < -0.3 is 15.3 Å². The number of piperidine rings is 1. The van der Waals surface area contributed by atoms with Crippen molar-refractivity contribution in [3.05, 3.63) is 34.7 Å². The first kappa shape index (κ1) is 20.3. The minimum atomic E-state index is 0.0228. The number of nitrogens with zero attached hydrogens (tertiary/aromatic N) is 5. The molecule has 0 aromatic carbocycles. The first-order valence-electron chi connectivity index (χ1n) is 10.3. The lowest BCUT2D eigenvalue weighted by atomic mass is 9.83. The fraction of sp³-hybridized carbons (Fsp3) is 0.571. The Kier molecular flexibility index (Phi) is 5.90. The highest BCUT2D eigenvalue weighted by atomic mass is 35.5. The van der Waals surface area contributed by atoms with Crippen molar-refractivity contribution in [2.24, 2.45) is 0 Å². The summed E-state index contributed by atoms with van der Waals surface area (Å²) >= 11 is 6.44. The summed E-state index contributed by atoms with van der Waals surface area (Å²) in [5, 5.41) is 13.4. The Morgan fingerprint density at radius 2 is 1.90 bits per heavy atom. The molecular weight excluding hydrogens is 388 g/mol. The molecular formula is C21H29ClN6O. The fourth-order valence-corrected chi connectivity index (χ4v) is 4.60. The molecule has 0 unspecified atom stereocenters. The van der Waals surface area contributed by atoms with Crippen LogP contribution in [0, 0.1) is 13.8 Å². The van der Waals surface area contributed by atoms with Crippen molar-refractivity contribution in [1.82, 2.24) is 19.9 Å². The monoisotopic (exact) mass is 416 g/mol. The predicted octanol–water partition coefficient (Wildman–Crippen LogP) is 3.31. The van der Waals surface area contributed by atoms with Gasteiger partial charge in [-0.15, -0.1) is 0 Å². The van der Waals surface area contributed by atoms with Crippen LogP contribution >= 0.6 is 11.6 Å². The molecule has 7 nitrogen and oxygen atoms in total. The van der Waals surface area contributed by atoms with Crippen LogP contribution < -0.4 is 10.2 Å². The Balaban J connectivity index is 1.50. The van der Waals surface area contributed by atoms with E-state index in [1.165, 1.54) is 19.3 Å². The van der Waals surface area contributed by atoms with Gasteiger partial charge in [0, 0.05) is 25.4 Å². The molecule has 0 amide bonds. The van der Waals surface area contributed by atoms with Gasteiger partial charge in [-0.2, -0.15) is 4.98 Å². The maximum absolute atomic E-state index is 9.65. The lowest BCUT2D eigenvalue weighted by Crippen LogP contribution is -2.71. The molecule has 0 atom stereocenters. The summed E-state index contributed by atoms with van der Waals surface area (Å²) in [6, 6.07) is 2.03. The number of aromatic nitrogens is 3. The van der Waals surface area contributed by atoms with Crippen molar-refractivity contribution in [1.29, 1.82) is 0 Å². The second-order valence-electron chi connectivity index (χ2n) is 8.22. The van der Waals surface area contributed by atoms with Gasteiger partial charge in [-0.1, -0.05) is 18.0 Å². The molecule has 4 heterocycles. The van der Waals surface area contributed by atoms with E-state index >= 15 is 0 Å². The largest absolute Gasteiger partial charge is 0.396 e. The molecule has 2 aliphatic heterocycles. The van der Waals surface area contributed by atoms with Crippen LogP contribution in [0.2, 0.25) is 5.02 Å². The summed E-state index contributed by atoms with van der Waals surface area (Å²) in [5.74, 6) is 1.25. The highest BCUT2D eigenvalue weighted by Gasteiger charge is 2.48. The third-order valence-electron chi connectivity index (χ3n) is 6.20. The molecule has 2 fully saturated rings. The Labute approximate surface area is 177 Å². The van der Waals surface area contributed by atoms with E-state index in [1.807, 2.05) is 19.9 Å². The summed E-state index contributed by atoms with van der Waals surface area (Å²) in [7, 11) is 0. The number of aliphatic hydroxyl groups excluding tert-OH is 1. The van der Waals surface area contributed by atoms with Crippen LogP contribution in [0.4, 0.5) is 17.5 Å². The van der Waals surface area contributed by atoms with E-state index in [4.69, 9.17) is 11.6 Å². The molecule has 0 spiro atoms. The van der Waals surface area contributed by atoms with Gasteiger partial charge in [0.2, 0.25) is 5.95 Å². The minimum Gasteiger partial charge on any atom is -0.396 e. The number of pyridine rings is 1. The van der Waals surface area contributed by atoms with E-state index in [9.17, 15) is 5.11 Å². The van der Waals surface area contributed by atoms with Gasteiger partial charge in [0.1, 0.15) is 5.02 Å². The number of likely N-dealkylation sites (tertiary alicyclic amines) is 1. The van der Waals surface area contributed by atoms with Crippen LogP contribution in [0.25, 0.3) is 0 Å². The number of aryl methyl sites for hydroxylation is 2. The lowest BCUT2D eigenvalue weighted by Gasteiger charge is -2.57. The Bertz CT molecular complexity index is 864. The quantitative estimate of drug-likeness (QED) is 0.747. The Morgan fingerprint density at radius 3 is 2.59 bits per heavy atom. The summed E-state index contributed by atoms with van der Waals surface area (Å²) in [6.45, 7) is 8.10. The fourth-order valence-electron chi connectivity index (χ4n) is 4.39. The molecule has 0 bridgehead atoms. The van der Waals surface area contributed by atoms with E-state index in [-0.39, 0.29) is 12.1 Å². The summed E-state index contributed by atoms with van der Waals surface area (Å²) in [4.78, 5) is 18.1. The molecule has 2 saturated heterocycles. The number of hydrogen-bond donors (Lipinski definition) is 2. The van der Waals surface area contributed by atoms with Gasteiger partial charge in [0.25, 0.3) is 0 Å². The van der Waals surface area contributed by atoms with Crippen LogP contribution in [0.5, 0.6) is 0 Å². The lowest BCUT2D eigenvalue weighted by molar-refractivity contribution is 0.0201. The SMILES string of the molecule is Cc1cc(Nc2ncc(Cl)c(N3CC(CCO)(N4CCCCC4)C3)n2)cnc1C. The molecule has 0 saturated carbocycles. The smallest absolute Gasteiger partial charge is 0.229 e. The average molecular weight is 417 g/mol. The van der Waals surface area contributed by atoms with Crippen LogP contribution in [-0.4, -0.2) is 63.3 Å². The number of anilines is 3. The first-order valence-corrected chi connectivity index (χ1v) is 10.7. The van der Waals surface area contributed by atoms with Gasteiger partial charge in [-0.25, -0.2) is 4.98 Å². The number of rotatable bonds is 6. The molecule has 2 aliphatic rings. The summed E-state index contributed by atoms with van der Waals surface area (Å²) in [5.41, 5.74) is 3.00. The Morgan fingerprint density at radius 1 is 1.14 bits per heavy atom. The third-order valence-corrected chi connectivity index (χ3v) is 6.46. The van der Waals surface area contributed by atoms with Crippen molar-refractivity contribution < 1.29 is 5.11 Å². The van der Waals surface area contributed by atoms with Crippen LogP contribution in [0.15, 0.2) is 18.5 Å². The number of nitrogens with one attached hydrogen (secondary N) is 1. The molecule has 8 heteroatoms. The molecule has 2 aromatic rings. The van der Waals surface area contributed by atoms with E-state index in [0.29, 0.717) is 11.0 Å². The van der Waals surface area contributed by atoms with Gasteiger partial charge in [-0.3, -0.25) is 9.88 Å². The maximum atomic E-state index is 9.65. The first-order chi connectivity index (χ1) is 14.0. The average Bonchev–Trinajstić information content (AvgIpc) is 2.70. The number of hydrogen-bond acceptors (Lipinski definition) is 7. The number of aliphatic hydroxyl groups is 1. The van der Waals surface area contributed by atoms with Gasteiger partial charge in [0.05, 0.1) is 23.6 Å².